The van der Waals surface area contributed by atoms with E-state index in [4.69, 9.17) is 16.3 Å². The molecule has 0 fully saturated rings. The monoisotopic (exact) mass is 367 g/mol. The number of aromatic nitrogens is 3. The van der Waals surface area contributed by atoms with Crippen molar-refractivity contribution < 1.29 is 27.4 Å². The third kappa shape index (κ3) is 4.76. The van der Waals surface area contributed by atoms with Gasteiger partial charge in [-0.05, 0) is 25.1 Å². The lowest BCUT2D eigenvalue weighted by Crippen LogP contribution is -2.17. The van der Waals surface area contributed by atoms with Crippen LogP contribution in [0.5, 0.6) is 5.75 Å². The molecule has 1 heterocycles. The summed E-state index contributed by atoms with van der Waals surface area (Å²) in [7, 11) is 0. The number of H-pyrrole nitrogens is 1. The van der Waals surface area contributed by atoms with E-state index in [9.17, 15) is 18.0 Å². The Morgan fingerprint density at radius 1 is 1.43 bits per heavy atom. The van der Waals surface area contributed by atoms with E-state index in [0.29, 0.717) is 4.90 Å². The quantitative estimate of drug-likeness (QED) is 0.812. The zero-order valence-corrected chi connectivity index (χ0v) is 13.1. The molecule has 0 atom stereocenters. The second-order valence-electron chi connectivity index (χ2n) is 3.95. The normalized spacial score (nSPS) is 11.3. The number of nitrogens with zero attached hydrogens (tertiary/aromatic N) is 2. The van der Waals surface area contributed by atoms with Crippen molar-refractivity contribution >= 4 is 29.3 Å². The summed E-state index contributed by atoms with van der Waals surface area (Å²) in [5.74, 6) is -1.22. The van der Waals surface area contributed by atoms with Crippen molar-refractivity contribution in [2.24, 2.45) is 0 Å². The molecule has 11 heteroatoms. The van der Waals surface area contributed by atoms with Crippen LogP contribution in [0.15, 0.2) is 28.1 Å². The first-order valence-corrected chi connectivity index (χ1v) is 7.31. The van der Waals surface area contributed by atoms with Crippen LogP contribution in [0, 0.1) is 0 Å². The molecule has 2 rings (SSSR count). The van der Waals surface area contributed by atoms with E-state index in [1.807, 2.05) is 0 Å². The third-order valence-electron chi connectivity index (χ3n) is 2.34. The number of nitrogens with one attached hydrogen (secondary N) is 1. The Labute approximate surface area is 137 Å². The number of carbonyl (C=O) groups excluding carboxylic acids is 1. The molecule has 0 aliphatic rings. The zero-order chi connectivity index (χ0) is 17.0. The largest absolute Gasteiger partial charge is 0.573 e. The lowest BCUT2D eigenvalue weighted by Gasteiger charge is -2.11. The van der Waals surface area contributed by atoms with Crippen molar-refractivity contribution in [3.63, 3.8) is 0 Å². The van der Waals surface area contributed by atoms with Crippen LogP contribution in [0.25, 0.3) is 0 Å². The van der Waals surface area contributed by atoms with Crippen molar-refractivity contribution in [1.29, 1.82) is 0 Å². The van der Waals surface area contributed by atoms with Crippen molar-refractivity contribution in [3.8, 4) is 5.75 Å². The minimum Gasteiger partial charge on any atom is -0.461 e. The van der Waals surface area contributed by atoms with E-state index in [1.165, 1.54) is 12.1 Å². The van der Waals surface area contributed by atoms with Crippen molar-refractivity contribution in [1.82, 2.24) is 15.4 Å². The van der Waals surface area contributed by atoms with Crippen LogP contribution in [-0.4, -0.2) is 34.3 Å². The minimum absolute atomic E-state index is 0.00471. The van der Waals surface area contributed by atoms with Crippen LogP contribution < -0.4 is 4.74 Å². The van der Waals surface area contributed by atoms with Gasteiger partial charge < -0.3 is 9.47 Å². The molecule has 0 saturated heterocycles. The van der Waals surface area contributed by atoms with E-state index >= 15 is 0 Å². The van der Waals surface area contributed by atoms with E-state index in [1.54, 1.807) is 6.92 Å². The SMILES string of the molecule is CCOC(=O)c1[nH]nnc1Sc1ccc(Cl)c(OC(F)(F)F)c1. The number of hydrogen-bond donors (Lipinski definition) is 1. The predicted molar refractivity (Wildman–Crippen MR) is 74.6 cm³/mol. The lowest BCUT2D eigenvalue weighted by molar-refractivity contribution is -0.274. The fraction of sp³-hybridized carbons (Fsp3) is 0.250. The van der Waals surface area contributed by atoms with Gasteiger partial charge in [0.25, 0.3) is 0 Å². The van der Waals surface area contributed by atoms with Gasteiger partial charge in [0.15, 0.2) is 10.7 Å². The fourth-order valence-corrected chi connectivity index (χ4v) is 2.48. The maximum Gasteiger partial charge on any atom is 0.573 e. The summed E-state index contributed by atoms with van der Waals surface area (Å²) >= 11 is 6.58. The predicted octanol–water partition coefficient (Wildman–Crippen LogP) is 3.68. The van der Waals surface area contributed by atoms with Crippen LogP contribution in [0.3, 0.4) is 0 Å². The minimum atomic E-state index is -4.86. The molecule has 23 heavy (non-hydrogen) atoms. The maximum atomic E-state index is 12.3. The second kappa shape index (κ2) is 7.09. The summed E-state index contributed by atoms with van der Waals surface area (Å²) in [5, 5.41) is 9.53. The molecular formula is C12H9ClF3N3O3S. The molecule has 1 aromatic carbocycles. The van der Waals surface area contributed by atoms with E-state index < -0.39 is 18.1 Å². The first-order valence-electron chi connectivity index (χ1n) is 6.11. The Morgan fingerprint density at radius 2 is 2.17 bits per heavy atom. The number of hydrogen-bond acceptors (Lipinski definition) is 6. The summed E-state index contributed by atoms with van der Waals surface area (Å²) in [5.41, 5.74) is 0.00471. The molecule has 6 nitrogen and oxygen atoms in total. The highest BCUT2D eigenvalue weighted by molar-refractivity contribution is 7.99. The molecule has 0 saturated carbocycles. The summed E-state index contributed by atoms with van der Waals surface area (Å²) in [6.07, 6.45) is -4.86. The Hall–Kier alpha value is -1.94. The Bertz CT molecular complexity index is 708. The van der Waals surface area contributed by atoms with Gasteiger partial charge in [0, 0.05) is 4.90 Å². The van der Waals surface area contributed by atoms with Gasteiger partial charge in [0.2, 0.25) is 0 Å². The average molecular weight is 368 g/mol. The molecule has 0 aliphatic carbocycles. The zero-order valence-electron chi connectivity index (χ0n) is 11.5. The van der Waals surface area contributed by atoms with Gasteiger partial charge in [-0.25, -0.2) is 4.79 Å². The average Bonchev–Trinajstić information content (AvgIpc) is 2.89. The molecule has 2 aromatic rings. The van der Waals surface area contributed by atoms with Gasteiger partial charge in [0.1, 0.15) is 5.75 Å². The number of halogens is 4. The van der Waals surface area contributed by atoms with E-state index in [-0.39, 0.29) is 22.3 Å². The van der Waals surface area contributed by atoms with Crippen LogP contribution in [0.4, 0.5) is 13.2 Å². The second-order valence-corrected chi connectivity index (χ2v) is 5.42. The molecule has 0 radical (unpaired) electrons. The maximum absolute atomic E-state index is 12.3. The lowest BCUT2D eigenvalue weighted by atomic mass is 10.3. The van der Waals surface area contributed by atoms with Gasteiger partial charge in [-0.3, -0.25) is 5.10 Å². The number of aromatic amines is 1. The highest BCUT2D eigenvalue weighted by Gasteiger charge is 2.32. The third-order valence-corrected chi connectivity index (χ3v) is 3.62. The molecule has 0 unspecified atom stereocenters. The van der Waals surface area contributed by atoms with Crippen LogP contribution in [0.1, 0.15) is 17.4 Å². The Morgan fingerprint density at radius 3 is 2.83 bits per heavy atom. The number of carbonyl (C=O) groups is 1. The van der Waals surface area contributed by atoms with E-state index in [0.717, 1.165) is 17.8 Å². The first-order chi connectivity index (χ1) is 10.8. The van der Waals surface area contributed by atoms with Gasteiger partial charge in [-0.15, -0.1) is 18.3 Å². The highest BCUT2D eigenvalue weighted by Crippen LogP contribution is 2.36. The number of esters is 1. The topological polar surface area (TPSA) is 77.1 Å². The molecule has 124 valence electrons. The smallest absolute Gasteiger partial charge is 0.461 e. The van der Waals surface area contributed by atoms with Crippen molar-refractivity contribution in [2.45, 2.75) is 23.2 Å². The molecular weight excluding hydrogens is 359 g/mol. The van der Waals surface area contributed by atoms with Crippen molar-refractivity contribution in [2.75, 3.05) is 6.61 Å². The van der Waals surface area contributed by atoms with Crippen LogP contribution in [-0.2, 0) is 4.74 Å². The molecule has 0 spiro atoms. The summed E-state index contributed by atoms with van der Waals surface area (Å²) in [4.78, 5) is 12.0. The van der Waals surface area contributed by atoms with E-state index in [2.05, 4.69) is 20.1 Å². The van der Waals surface area contributed by atoms with Crippen molar-refractivity contribution in [3.05, 3.63) is 28.9 Å². The number of rotatable bonds is 5. The molecule has 0 aliphatic heterocycles. The number of ether oxygens (including phenoxy) is 2. The first kappa shape index (κ1) is 17.4. The van der Waals surface area contributed by atoms with Gasteiger partial charge >= 0.3 is 12.3 Å². The Kier molecular flexibility index (Phi) is 5.37. The highest BCUT2D eigenvalue weighted by atomic mass is 35.5. The molecule has 1 N–H and O–H groups in total. The van der Waals surface area contributed by atoms with Gasteiger partial charge in [-0.2, -0.15) is 0 Å². The van der Waals surface area contributed by atoms with Crippen LogP contribution >= 0.6 is 23.4 Å². The molecule has 1 aromatic heterocycles. The fourth-order valence-electron chi connectivity index (χ4n) is 1.49. The summed E-state index contributed by atoms with van der Waals surface area (Å²) in [6.45, 7) is 1.79. The summed E-state index contributed by atoms with van der Waals surface area (Å²) < 4.78 is 45.6. The van der Waals surface area contributed by atoms with Gasteiger partial charge in [0.05, 0.1) is 11.6 Å². The number of benzene rings is 1. The molecule has 0 bridgehead atoms. The standard InChI is InChI=1S/C12H9ClF3N3O3S/c1-2-21-11(20)9-10(18-19-17-9)23-6-3-4-7(13)8(5-6)22-12(14,15)16/h3-5H,2H2,1H3,(H,17,18,19). The van der Waals surface area contributed by atoms with Crippen LogP contribution in [0.2, 0.25) is 5.02 Å². The van der Waals surface area contributed by atoms with Gasteiger partial charge in [-0.1, -0.05) is 28.6 Å². The Balaban J connectivity index is 2.23. The number of alkyl halides is 3. The summed E-state index contributed by atoms with van der Waals surface area (Å²) in [6, 6.07) is 3.79. The molecule has 0 amide bonds.